The van der Waals surface area contributed by atoms with E-state index in [1.54, 1.807) is 19.2 Å². The van der Waals surface area contributed by atoms with Crippen LogP contribution in [0.3, 0.4) is 0 Å². The van der Waals surface area contributed by atoms with Gasteiger partial charge >= 0.3 is 0 Å². The molecule has 0 aliphatic carbocycles. The second-order valence-corrected chi connectivity index (χ2v) is 7.53. The molecule has 1 aliphatic rings. The number of halogens is 4. The van der Waals surface area contributed by atoms with E-state index in [0.29, 0.717) is 11.2 Å². The Bertz CT molecular complexity index is 1090. The van der Waals surface area contributed by atoms with Crippen molar-refractivity contribution < 1.29 is 17.9 Å². The Hall–Kier alpha value is -2.36. The van der Waals surface area contributed by atoms with Crippen molar-refractivity contribution >= 4 is 28.9 Å². The molecule has 0 saturated carbocycles. The van der Waals surface area contributed by atoms with Gasteiger partial charge in [-0.1, -0.05) is 29.8 Å². The number of ether oxygens (including phenoxy) is 1. The lowest BCUT2D eigenvalue weighted by atomic mass is 9.89. The predicted octanol–water partition coefficient (Wildman–Crippen LogP) is 4.71. The van der Waals surface area contributed by atoms with E-state index in [4.69, 9.17) is 16.3 Å². The molecular weight excluding hydrogens is 425 g/mol. The molecule has 5 nitrogen and oxygen atoms in total. The Morgan fingerprint density at radius 2 is 2.03 bits per heavy atom. The van der Waals surface area contributed by atoms with Gasteiger partial charge in [-0.2, -0.15) is 5.10 Å². The second-order valence-electron chi connectivity index (χ2n) is 6.31. The van der Waals surface area contributed by atoms with E-state index in [2.05, 4.69) is 15.1 Å². The molecule has 0 unspecified atom stereocenters. The predicted molar refractivity (Wildman–Crippen MR) is 104 cm³/mol. The SMILES string of the molecule is CN=CSc1ncnn1C[C@]1(c2ccc(F)cc2F)O[C@]1(F)c1ccccc1Cl. The molecule has 1 aliphatic heterocycles. The molecule has 4 rings (SSSR count). The van der Waals surface area contributed by atoms with Crippen molar-refractivity contribution in [2.75, 3.05) is 7.05 Å². The number of nitrogens with zero attached hydrogens (tertiary/aromatic N) is 4. The summed E-state index contributed by atoms with van der Waals surface area (Å²) in [6.45, 7) is -0.211. The highest BCUT2D eigenvalue weighted by Gasteiger charge is 2.75. The third kappa shape index (κ3) is 3.33. The Morgan fingerprint density at radius 1 is 1.24 bits per heavy atom. The van der Waals surface area contributed by atoms with Gasteiger partial charge in [0.15, 0.2) is 10.8 Å². The zero-order valence-electron chi connectivity index (χ0n) is 15.0. The minimum absolute atomic E-state index is 0.0508. The van der Waals surface area contributed by atoms with Gasteiger partial charge in [0.1, 0.15) is 18.0 Å². The summed E-state index contributed by atoms with van der Waals surface area (Å²) in [5, 5.41) is 4.64. The van der Waals surface area contributed by atoms with Crippen LogP contribution in [0.2, 0.25) is 5.02 Å². The first kappa shape index (κ1) is 19.9. The number of hydrogen-bond acceptors (Lipinski definition) is 5. The molecule has 150 valence electrons. The first-order valence-corrected chi connectivity index (χ1v) is 9.72. The van der Waals surface area contributed by atoms with Crippen LogP contribution in [0, 0.1) is 11.6 Å². The van der Waals surface area contributed by atoms with Crippen molar-refractivity contribution in [2.24, 2.45) is 4.99 Å². The first-order valence-electron chi connectivity index (χ1n) is 8.46. The smallest absolute Gasteiger partial charge is 0.273 e. The van der Waals surface area contributed by atoms with Crippen LogP contribution in [0.15, 0.2) is 58.9 Å². The van der Waals surface area contributed by atoms with Gasteiger partial charge in [0.25, 0.3) is 5.85 Å². The summed E-state index contributed by atoms with van der Waals surface area (Å²) in [5.41, 5.74) is -0.357. The van der Waals surface area contributed by atoms with Crippen molar-refractivity contribution in [1.82, 2.24) is 14.8 Å². The summed E-state index contributed by atoms with van der Waals surface area (Å²) in [4.78, 5) is 7.97. The van der Waals surface area contributed by atoms with Crippen LogP contribution in [-0.2, 0) is 22.7 Å². The molecule has 1 fully saturated rings. The third-order valence-electron chi connectivity index (χ3n) is 4.60. The number of epoxide rings is 1. The summed E-state index contributed by atoms with van der Waals surface area (Å²) in [7, 11) is 1.59. The number of thioether (sulfide) groups is 1. The van der Waals surface area contributed by atoms with Crippen molar-refractivity contribution in [2.45, 2.75) is 23.2 Å². The van der Waals surface area contributed by atoms with Gasteiger partial charge in [-0.3, -0.25) is 4.99 Å². The maximum Gasteiger partial charge on any atom is 0.273 e. The van der Waals surface area contributed by atoms with Gasteiger partial charge in [-0.15, -0.1) is 0 Å². The van der Waals surface area contributed by atoms with Gasteiger partial charge in [0, 0.05) is 29.3 Å². The zero-order valence-corrected chi connectivity index (χ0v) is 16.6. The molecule has 3 aromatic rings. The maximum absolute atomic E-state index is 16.1. The van der Waals surface area contributed by atoms with E-state index >= 15 is 4.39 Å². The van der Waals surface area contributed by atoms with E-state index in [9.17, 15) is 8.78 Å². The molecule has 0 N–H and O–H groups in total. The Kier molecular flexibility index (Phi) is 5.14. The number of benzene rings is 2. The Labute approximate surface area is 173 Å². The van der Waals surface area contributed by atoms with Crippen molar-refractivity contribution in [3.8, 4) is 0 Å². The van der Waals surface area contributed by atoms with Crippen LogP contribution in [0.5, 0.6) is 0 Å². The fourth-order valence-corrected chi connectivity index (χ4v) is 4.04. The highest BCUT2D eigenvalue weighted by molar-refractivity contribution is 8.11. The maximum atomic E-state index is 16.1. The fourth-order valence-electron chi connectivity index (χ4n) is 3.24. The monoisotopic (exact) mass is 438 g/mol. The van der Waals surface area contributed by atoms with Crippen LogP contribution in [0.4, 0.5) is 13.2 Å². The van der Waals surface area contributed by atoms with Crippen LogP contribution in [0.25, 0.3) is 0 Å². The Morgan fingerprint density at radius 3 is 2.76 bits per heavy atom. The molecule has 0 amide bonds. The molecule has 10 heteroatoms. The number of aromatic nitrogens is 3. The molecule has 2 heterocycles. The molecule has 0 bridgehead atoms. The summed E-state index contributed by atoms with van der Waals surface area (Å²) < 4.78 is 51.2. The molecule has 1 saturated heterocycles. The first-order chi connectivity index (χ1) is 13.9. The van der Waals surface area contributed by atoms with Gasteiger partial charge in [-0.05, 0) is 30.0 Å². The second kappa shape index (κ2) is 7.47. The van der Waals surface area contributed by atoms with E-state index < -0.39 is 23.1 Å². The standard InChI is InChI=1S/C19H14ClF3N4OS/c1-24-11-29-17-25-10-26-27(17)9-18(14-7-6-12(21)8-16(14)22)19(23,28-18)13-4-2-3-5-15(13)20/h2-8,10-11H,9H2,1H3/t18-,19-/m1/s1. The van der Waals surface area contributed by atoms with E-state index in [-0.39, 0.29) is 22.7 Å². The quantitative estimate of drug-likeness (QED) is 0.242. The number of alkyl halides is 1. The molecule has 0 radical (unpaired) electrons. The number of rotatable bonds is 6. The van der Waals surface area contributed by atoms with Crippen LogP contribution in [-0.4, -0.2) is 27.4 Å². The lowest BCUT2D eigenvalue weighted by Crippen LogP contribution is -2.27. The Balaban J connectivity index is 1.82. The fraction of sp³-hybridized carbons (Fsp3) is 0.211. The van der Waals surface area contributed by atoms with E-state index in [1.165, 1.54) is 34.8 Å². The topological polar surface area (TPSA) is 55.6 Å². The average molecular weight is 439 g/mol. The van der Waals surface area contributed by atoms with Gasteiger partial charge in [0.05, 0.1) is 12.1 Å². The highest BCUT2D eigenvalue weighted by Crippen LogP contribution is 2.65. The molecule has 0 spiro atoms. The lowest BCUT2D eigenvalue weighted by molar-refractivity contribution is 0.139. The van der Waals surface area contributed by atoms with Gasteiger partial charge in [-0.25, -0.2) is 22.8 Å². The average Bonchev–Trinajstić information content (AvgIpc) is 3.05. The van der Waals surface area contributed by atoms with E-state index in [1.807, 2.05) is 0 Å². The number of hydrogen-bond donors (Lipinski definition) is 0. The lowest BCUT2D eigenvalue weighted by Gasteiger charge is -2.18. The van der Waals surface area contributed by atoms with Crippen molar-refractivity contribution in [3.63, 3.8) is 0 Å². The zero-order chi connectivity index (χ0) is 20.6. The molecule has 1 aromatic heterocycles. The normalized spacial score (nSPS) is 23.6. The molecule has 2 aromatic carbocycles. The van der Waals surface area contributed by atoms with Crippen LogP contribution in [0.1, 0.15) is 11.1 Å². The van der Waals surface area contributed by atoms with Gasteiger partial charge < -0.3 is 4.74 Å². The summed E-state index contributed by atoms with van der Waals surface area (Å²) in [6, 6.07) is 9.13. The van der Waals surface area contributed by atoms with Gasteiger partial charge in [0.2, 0.25) is 0 Å². The summed E-state index contributed by atoms with van der Waals surface area (Å²) in [6.07, 6.45) is 1.29. The van der Waals surface area contributed by atoms with E-state index in [0.717, 1.165) is 17.8 Å². The molecule has 29 heavy (non-hydrogen) atoms. The van der Waals surface area contributed by atoms with Crippen LogP contribution < -0.4 is 0 Å². The minimum Gasteiger partial charge on any atom is -0.319 e. The van der Waals surface area contributed by atoms with Crippen molar-refractivity contribution in [1.29, 1.82) is 0 Å². The van der Waals surface area contributed by atoms with Crippen molar-refractivity contribution in [3.05, 3.63) is 76.6 Å². The molecule has 2 atom stereocenters. The third-order valence-corrected chi connectivity index (χ3v) is 5.77. The summed E-state index contributed by atoms with van der Waals surface area (Å²) in [5.74, 6) is -4.14. The summed E-state index contributed by atoms with van der Waals surface area (Å²) >= 11 is 7.34. The largest absolute Gasteiger partial charge is 0.319 e. The minimum atomic E-state index is -2.43. The van der Waals surface area contributed by atoms with Crippen LogP contribution >= 0.6 is 23.4 Å². The number of aliphatic imine (C=N–C) groups is 1. The molecular formula is C19H14ClF3N4OS. The highest BCUT2D eigenvalue weighted by atomic mass is 35.5.